The van der Waals surface area contributed by atoms with Gasteiger partial charge in [0.15, 0.2) is 0 Å². The van der Waals surface area contributed by atoms with E-state index < -0.39 is 5.92 Å². The lowest BCUT2D eigenvalue weighted by Crippen LogP contribution is -2.59. The molecule has 0 aliphatic carbocycles. The number of aliphatic hydroxyl groups is 1. The molecule has 2 aliphatic heterocycles. The van der Waals surface area contributed by atoms with Gasteiger partial charge in [-0.15, -0.1) is 0 Å². The lowest BCUT2D eigenvalue weighted by molar-refractivity contribution is -0.949. The van der Waals surface area contributed by atoms with Crippen LogP contribution in [0.4, 0.5) is 0 Å². The normalized spacial score (nSPS) is 33.2. The topological polar surface area (TPSA) is 46.5 Å². The molecule has 0 aromatic heterocycles. The van der Waals surface area contributed by atoms with E-state index in [1.807, 2.05) is 30.3 Å². The standard InChI is InChI=1S/C20H30NO3/c1-3-11-21(2)16-9-10-17(21)13-18(12-16)24-20(23)19(14-22)15-7-5-4-6-8-15/h4-8,16-19,22H,3,9-14H2,1-2H3/q+1/t16-,17+,18?,19-,21?/m1/s1. The Morgan fingerprint density at radius 3 is 2.42 bits per heavy atom. The van der Waals surface area contributed by atoms with Crippen LogP contribution >= 0.6 is 0 Å². The van der Waals surface area contributed by atoms with E-state index in [0.29, 0.717) is 12.1 Å². The molecule has 2 aliphatic rings. The zero-order valence-corrected chi connectivity index (χ0v) is 14.9. The minimum Gasteiger partial charge on any atom is -0.461 e. The highest BCUT2D eigenvalue weighted by Gasteiger charge is 2.52. The summed E-state index contributed by atoms with van der Waals surface area (Å²) in [5.74, 6) is -0.845. The minimum absolute atomic E-state index is 0.0100. The van der Waals surface area contributed by atoms with Crippen molar-refractivity contribution < 1.29 is 19.1 Å². The third-order valence-corrected chi connectivity index (χ3v) is 6.23. The third-order valence-electron chi connectivity index (χ3n) is 6.23. The maximum absolute atomic E-state index is 12.6. The second-order valence-corrected chi connectivity index (χ2v) is 7.63. The Labute approximate surface area is 145 Å². The summed E-state index contributed by atoms with van der Waals surface area (Å²) in [6, 6.07) is 10.7. The summed E-state index contributed by atoms with van der Waals surface area (Å²) in [6.45, 7) is 3.27. The van der Waals surface area contributed by atoms with Gasteiger partial charge in [0.25, 0.3) is 0 Å². The van der Waals surface area contributed by atoms with Crippen molar-refractivity contribution in [1.29, 1.82) is 0 Å². The van der Waals surface area contributed by atoms with Crippen molar-refractivity contribution in [2.75, 3.05) is 20.2 Å². The maximum atomic E-state index is 12.6. The van der Waals surface area contributed by atoms with Crippen LogP contribution in [0.3, 0.4) is 0 Å². The fraction of sp³-hybridized carbons (Fsp3) is 0.650. The molecule has 0 radical (unpaired) electrons. The zero-order valence-electron chi connectivity index (χ0n) is 14.9. The number of rotatable bonds is 6. The van der Waals surface area contributed by atoms with Crippen molar-refractivity contribution in [3.05, 3.63) is 35.9 Å². The van der Waals surface area contributed by atoms with Gasteiger partial charge in [-0.3, -0.25) is 4.79 Å². The molecule has 2 saturated heterocycles. The molecular weight excluding hydrogens is 302 g/mol. The number of ether oxygens (including phenoxy) is 1. The molecule has 5 atom stereocenters. The van der Waals surface area contributed by atoms with Crippen LogP contribution in [0.2, 0.25) is 0 Å². The number of fused-ring (bicyclic) bond motifs is 2. The summed E-state index contributed by atoms with van der Waals surface area (Å²) < 4.78 is 7.00. The van der Waals surface area contributed by atoms with Crippen molar-refractivity contribution in [3.8, 4) is 0 Å². The molecule has 132 valence electrons. The Bertz CT molecular complexity index is 545. The number of piperidine rings is 1. The first-order valence-electron chi connectivity index (χ1n) is 9.29. The van der Waals surface area contributed by atoms with Crippen LogP contribution in [0.1, 0.15) is 50.5 Å². The Morgan fingerprint density at radius 1 is 1.25 bits per heavy atom. The minimum atomic E-state index is -0.567. The van der Waals surface area contributed by atoms with Gasteiger partial charge in [0.05, 0.1) is 32.3 Å². The number of benzene rings is 1. The number of esters is 1. The summed E-state index contributed by atoms with van der Waals surface area (Å²) >= 11 is 0. The zero-order chi connectivity index (χ0) is 17.2. The van der Waals surface area contributed by atoms with E-state index in [0.717, 1.165) is 22.9 Å². The van der Waals surface area contributed by atoms with Gasteiger partial charge < -0.3 is 14.3 Å². The predicted molar refractivity (Wildman–Crippen MR) is 93.5 cm³/mol. The smallest absolute Gasteiger partial charge is 0.316 e. The number of hydrogen-bond acceptors (Lipinski definition) is 3. The Hall–Kier alpha value is -1.39. The van der Waals surface area contributed by atoms with Crippen LogP contribution in [-0.2, 0) is 9.53 Å². The van der Waals surface area contributed by atoms with E-state index in [2.05, 4.69) is 14.0 Å². The van der Waals surface area contributed by atoms with Crippen molar-refractivity contribution in [3.63, 3.8) is 0 Å². The van der Waals surface area contributed by atoms with E-state index in [4.69, 9.17) is 4.74 Å². The fourth-order valence-corrected chi connectivity index (χ4v) is 4.88. The molecular formula is C20H30NO3+. The predicted octanol–water partition coefficient (Wildman–Crippen LogP) is 2.86. The molecule has 3 rings (SSSR count). The van der Waals surface area contributed by atoms with E-state index in [1.165, 1.54) is 25.8 Å². The first-order valence-corrected chi connectivity index (χ1v) is 9.29. The number of carbonyl (C=O) groups is 1. The number of aliphatic hydroxyl groups excluding tert-OH is 1. The van der Waals surface area contributed by atoms with Crippen molar-refractivity contribution in [2.45, 2.75) is 63.1 Å². The quantitative estimate of drug-likeness (QED) is 0.644. The van der Waals surface area contributed by atoms with Crippen LogP contribution in [0, 0.1) is 0 Å². The van der Waals surface area contributed by atoms with E-state index in [9.17, 15) is 9.90 Å². The molecule has 0 spiro atoms. The molecule has 4 nitrogen and oxygen atoms in total. The number of quaternary nitrogens is 1. The molecule has 1 N–H and O–H groups in total. The molecule has 0 saturated carbocycles. The Kier molecular flexibility index (Phi) is 5.26. The lowest BCUT2D eigenvalue weighted by Gasteiger charge is -2.46. The molecule has 4 heteroatoms. The second-order valence-electron chi connectivity index (χ2n) is 7.63. The van der Waals surface area contributed by atoms with Gasteiger partial charge in [0.2, 0.25) is 0 Å². The van der Waals surface area contributed by atoms with Crippen LogP contribution < -0.4 is 0 Å². The summed E-state index contributed by atoms with van der Waals surface area (Å²) in [7, 11) is 2.38. The molecule has 0 amide bonds. The molecule has 1 aromatic carbocycles. The number of carbonyl (C=O) groups excluding carboxylic acids is 1. The van der Waals surface area contributed by atoms with Gasteiger partial charge in [-0.1, -0.05) is 37.3 Å². The number of hydrogen-bond donors (Lipinski definition) is 1. The molecule has 2 heterocycles. The third kappa shape index (κ3) is 3.22. The van der Waals surface area contributed by atoms with E-state index in [-0.39, 0.29) is 18.7 Å². The van der Waals surface area contributed by atoms with Gasteiger partial charge in [0.1, 0.15) is 12.0 Å². The second kappa shape index (κ2) is 7.24. The Balaban J connectivity index is 1.64. The Morgan fingerprint density at radius 2 is 1.88 bits per heavy atom. The van der Waals surface area contributed by atoms with Crippen molar-refractivity contribution >= 4 is 5.97 Å². The highest BCUT2D eigenvalue weighted by atomic mass is 16.5. The van der Waals surface area contributed by atoms with Crippen molar-refractivity contribution in [2.24, 2.45) is 0 Å². The van der Waals surface area contributed by atoms with Crippen molar-refractivity contribution in [1.82, 2.24) is 0 Å². The first-order chi connectivity index (χ1) is 11.6. The maximum Gasteiger partial charge on any atom is 0.316 e. The molecule has 2 fully saturated rings. The van der Waals surface area contributed by atoms with Gasteiger partial charge >= 0.3 is 5.97 Å². The number of nitrogens with zero attached hydrogens (tertiary/aromatic N) is 1. The van der Waals surface area contributed by atoms with Crippen LogP contribution in [0.5, 0.6) is 0 Å². The average Bonchev–Trinajstić information content (AvgIpc) is 2.75. The largest absolute Gasteiger partial charge is 0.461 e. The van der Waals surface area contributed by atoms with E-state index >= 15 is 0 Å². The van der Waals surface area contributed by atoms with Crippen LogP contribution in [-0.4, -0.2) is 53.9 Å². The van der Waals surface area contributed by atoms with Gasteiger partial charge in [-0.25, -0.2) is 0 Å². The van der Waals surface area contributed by atoms with E-state index in [1.54, 1.807) is 0 Å². The summed E-state index contributed by atoms with van der Waals surface area (Å²) in [5, 5.41) is 9.64. The van der Waals surface area contributed by atoms with Crippen LogP contribution in [0.25, 0.3) is 0 Å². The first kappa shape index (κ1) is 17.4. The summed E-state index contributed by atoms with van der Waals surface area (Å²) in [6.07, 6.45) is 5.64. The molecule has 2 bridgehead atoms. The summed E-state index contributed by atoms with van der Waals surface area (Å²) in [4.78, 5) is 12.6. The fourth-order valence-electron chi connectivity index (χ4n) is 4.88. The SMILES string of the molecule is CCC[N+]1(C)[C@@H]2CC[C@H]1CC(OC(=O)[C@H](CO)c1ccccc1)C2. The monoisotopic (exact) mass is 332 g/mol. The highest BCUT2D eigenvalue weighted by molar-refractivity contribution is 5.78. The molecule has 2 unspecified atom stereocenters. The average molecular weight is 332 g/mol. The molecule has 24 heavy (non-hydrogen) atoms. The van der Waals surface area contributed by atoms with Gasteiger partial charge in [-0.2, -0.15) is 0 Å². The highest BCUT2D eigenvalue weighted by Crippen LogP contribution is 2.42. The molecule has 1 aromatic rings. The summed E-state index contributed by atoms with van der Waals surface area (Å²) in [5.41, 5.74) is 0.829. The lowest BCUT2D eigenvalue weighted by atomic mass is 9.95. The van der Waals surface area contributed by atoms with Gasteiger partial charge in [0, 0.05) is 25.7 Å². The van der Waals surface area contributed by atoms with Gasteiger partial charge in [-0.05, 0) is 12.0 Å². The van der Waals surface area contributed by atoms with Crippen LogP contribution in [0.15, 0.2) is 30.3 Å².